The summed E-state index contributed by atoms with van der Waals surface area (Å²) in [5, 5.41) is 30.1. The average molecular weight is 410 g/mol. The van der Waals surface area contributed by atoms with E-state index in [9.17, 15) is 19.8 Å². The number of hydrogen-bond donors (Lipinski definition) is 2. The summed E-state index contributed by atoms with van der Waals surface area (Å²) in [4.78, 5) is 27.3. The average Bonchev–Trinajstić information content (AvgIpc) is 3.04. The molecule has 1 fully saturated rings. The van der Waals surface area contributed by atoms with Gasteiger partial charge in [-0.3, -0.25) is 14.5 Å². The highest BCUT2D eigenvalue weighted by molar-refractivity contribution is 6.51. The summed E-state index contributed by atoms with van der Waals surface area (Å²) in [6.45, 7) is 1.90. The Labute approximate surface area is 178 Å². The van der Waals surface area contributed by atoms with Gasteiger partial charge in [0.2, 0.25) is 0 Å². The van der Waals surface area contributed by atoms with Gasteiger partial charge in [-0.1, -0.05) is 42.0 Å². The molecule has 4 rings (SSSR count). The summed E-state index contributed by atoms with van der Waals surface area (Å²) < 4.78 is 0. The van der Waals surface area contributed by atoms with E-state index in [0.29, 0.717) is 22.4 Å². The van der Waals surface area contributed by atoms with E-state index in [4.69, 9.17) is 5.26 Å². The predicted molar refractivity (Wildman–Crippen MR) is 115 cm³/mol. The topological polar surface area (TPSA) is 102 Å². The van der Waals surface area contributed by atoms with E-state index in [1.165, 1.54) is 17.0 Å². The lowest BCUT2D eigenvalue weighted by molar-refractivity contribution is -0.132. The molecule has 2 N–H and O–H groups in total. The third-order valence-electron chi connectivity index (χ3n) is 5.23. The molecule has 1 atom stereocenters. The van der Waals surface area contributed by atoms with Crippen LogP contribution in [0.5, 0.6) is 5.75 Å². The molecule has 1 aliphatic rings. The van der Waals surface area contributed by atoms with Crippen LogP contribution >= 0.6 is 0 Å². The van der Waals surface area contributed by atoms with Gasteiger partial charge >= 0.3 is 0 Å². The summed E-state index contributed by atoms with van der Waals surface area (Å²) in [6, 6.07) is 20.5. The number of carbonyl (C=O) groups excluding carboxylic acids is 2. The summed E-state index contributed by atoms with van der Waals surface area (Å²) in [7, 11) is 0. The zero-order chi connectivity index (χ0) is 22.1. The smallest absolute Gasteiger partial charge is 0.300 e. The molecule has 6 nitrogen and oxygen atoms in total. The lowest BCUT2D eigenvalue weighted by Gasteiger charge is -2.25. The van der Waals surface area contributed by atoms with Crippen LogP contribution in [0.15, 0.2) is 78.4 Å². The van der Waals surface area contributed by atoms with Gasteiger partial charge in [0.1, 0.15) is 11.5 Å². The zero-order valence-corrected chi connectivity index (χ0v) is 16.6. The molecule has 1 amide bonds. The van der Waals surface area contributed by atoms with E-state index in [2.05, 4.69) is 0 Å². The summed E-state index contributed by atoms with van der Waals surface area (Å²) in [5.74, 6) is -1.94. The maximum atomic E-state index is 13.0. The Balaban J connectivity index is 1.94. The van der Waals surface area contributed by atoms with Gasteiger partial charge in [0.25, 0.3) is 11.7 Å². The van der Waals surface area contributed by atoms with Gasteiger partial charge in [-0.2, -0.15) is 5.26 Å². The van der Waals surface area contributed by atoms with E-state index >= 15 is 0 Å². The molecule has 1 heterocycles. The number of nitriles is 1. The molecule has 1 aliphatic heterocycles. The van der Waals surface area contributed by atoms with Crippen molar-refractivity contribution >= 4 is 23.1 Å². The number of aromatic hydroxyl groups is 1. The fraction of sp³-hybridized carbons (Fsp3) is 0.0800. The van der Waals surface area contributed by atoms with E-state index in [1.807, 2.05) is 13.0 Å². The SMILES string of the molecule is Cc1ccc(/C(O)=C2/C(=O)C(=O)N(c3ccc(C#N)cc3)C2c2cccc(O)c2)cc1. The Hall–Kier alpha value is -4.37. The summed E-state index contributed by atoms with van der Waals surface area (Å²) in [6.07, 6.45) is 0. The molecule has 3 aromatic rings. The van der Waals surface area contributed by atoms with Crippen molar-refractivity contribution in [2.24, 2.45) is 0 Å². The molecule has 0 saturated carbocycles. The first-order chi connectivity index (χ1) is 14.9. The van der Waals surface area contributed by atoms with Gasteiger partial charge in [0.15, 0.2) is 0 Å². The maximum absolute atomic E-state index is 13.0. The van der Waals surface area contributed by atoms with Crippen LogP contribution in [0.1, 0.15) is 28.3 Å². The number of benzene rings is 3. The number of phenolic OH excluding ortho intramolecular Hbond substituents is 1. The highest BCUT2D eigenvalue weighted by atomic mass is 16.3. The van der Waals surface area contributed by atoms with Crippen molar-refractivity contribution in [1.29, 1.82) is 5.26 Å². The van der Waals surface area contributed by atoms with Crippen LogP contribution in [-0.4, -0.2) is 21.9 Å². The van der Waals surface area contributed by atoms with E-state index in [-0.39, 0.29) is 17.1 Å². The minimum absolute atomic E-state index is 0.0294. The van der Waals surface area contributed by atoms with Gasteiger partial charge in [-0.05, 0) is 48.9 Å². The Morgan fingerprint density at radius 1 is 1.00 bits per heavy atom. The van der Waals surface area contributed by atoms with Crippen LogP contribution in [0.4, 0.5) is 5.69 Å². The minimum atomic E-state index is -0.943. The van der Waals surface area contributed by atoms with Gasteiger partial charge in [0, 0.05) is 11.3 Å². The number of carbonyl (C=O) groups is 2. The van der Waals surface area contributed by atoms with Crippen LogP contribution in [0.3, 0.4) is 0 Å². The van der Waals surface area contributed by atoms with E-state index < -0.39 is 17.7 Å². The minimum Gasteiger partial charge on any atom is -0.508 e. The fourth-order valence-corrected chi connectivity index (χ4v) is 3.67. The van der Waals surface area contributed by atoms with E-state index in [1.54, 1.807) is 60.7 Å². The van der Waals surface area contributed by atoms with Gasteiger partial charge in [0.05, 0.1) is 23.2 Å². The molecule has 0 bridgehead atoms. The number of ketones is 1. The molecule has 152 valence electrons. The first kappa shape index (κ1) is 19.9. The van der Waals surface area contributed by atoms with Crippen molar-refractivity contribution in [2.45, 2.75) is 13.0 Å². The Morgan fingerprint density at radius 2 is 1.68 bits per heavy atom. The van der Waals surface area contributed by atoms with Crippen LogP contribution in [-0.2, 0) is 9.59 Å². The zero-order valence-electron chi connectivity index (χ0n) is 16.6. The summed E-state index contributed by atoms with van der Waals surface area (Å²) >= 11 is 0. The molecule has 0 radical (unpaired) electrons. The van der Waals surface area contributed by atoms with Crippen molar-refractivity contribution in [3.8, 4) is 11.8 Å². The lowest BCUT2D eigenvalue weighted by Crippen LogP contribution is -2.29. The highest BCUT2D eigenvalue weighted by Gasteiger charge is 2.47. The lowest BCUT2D eigenvalue weighted by atomic mass is 9.94. The Kier molecular flexibility index (Phi) is 5.02. The number of anilines is 1. The Morgan fingerprint density at radius 3 is 2.29 bits per heavy atom. The summed E-state index contributed by atoms with van der Waals surface area (Å²) in [5.41, 5.74) is 2.61. The fourth-order valence-electron chi connectivity index (χ4n) is 3.67. The number of aryl methyl sites for hydroxylation is 1. The number of aliphatic hydroxyl groups is 1. The number of amides is 1. The second-order valence-corrected chi connectivity index (χ2v) is 7.29. The second kappa shape index (κ2) is 7.81. The number of Topliss-reactive ketones (excluding diaryl/α,β-unsaturated/α-hetero) is 1. The van der Waals surface area contributed by atoms with Crippen LogP contribution in [0.25, 0.3) is 5.76 Å². The number of rotatable bonds is 3. The molecule has 3 aromatic carbocycles. The standard InChI is InChI=1S/C25H18N2O4/c1-15-5-9-17(10-6-15)23(29)21-22(18-3-2-4-20(28)13-18)27(25(31)24(21)30)19-11-7-16(14-26)8-12-19/h2-13,22,28-29H,1H3/b23-21-. The molecule has 31 heavy (non-hydrogen) atoms. The maximum Gasteiger partial charge on any atom is 0.300 e. The van der Waals surface area contributed by atoms with Crippen molar-refractivity contribution in [3.63, 3.8) is 0 Å². The van der Waals surface area contributed by atoms with Crippen LogP contribution in [0.2, 0.25) is 0 Å². The first-order valence-electron chi connectivity index (χ1n) is 9.58. The Bertz CT molecular complexity index is 1250. The molecule has 1 saturated heterocycles. The molecular weight excluding hydrogens is 392 g/mol. The quantitative estimate of drug-likeness (QED) is 0.383. The van der Waals surface area contributed by atoms with Crippen LogP contribution in [0, 0.1) is 18.3 Å². The third-order valence-corrected chi connectivity index (χ3v) is 5.23. The third kappa shape index (κ3) is 3.53. The predicted octanol–water partition coefficient (Wildman–Crippen LogP) is 4.20. The van der Waals surface area contributed by atoms with Gasteiger partial charge in [-0.25, -0.2) is 0 Å². The largest absolute Gasteiger partial charge is 0.508 e. The van der Waals surface area contributed by atoms with Crippen molar-refractivity contribution in [2.75, 3.05) is 4.90 Å². The number of phenols is 1. The van der Waals surface area contributed by atoms with Crippen LogP contribution < -0.4 is 4.90 Å². The molecule has 0 spiro atoms. The van der Waals surface area contributed by atoms with Gasteiger partial charge in [-0.15, -0.1) is 0 Å². The van der Waals surface area contributed by atoms with E-state index in [0.717, 1.165) is 5.56 Å². The molecule has 1 unspecified atom stereocenters. The molecule has 0 aliphatic carbocycles. The van der Waals surface area contributed by atoms with Crippen molar-refractivity contribution < 1.29 is 19.8 Å². The van der Waals surface area contributed by atoms with Gasteiger partial charge < -0.3 is 10.2 Å². The molecule has 6 heteroatoms. The van der Waals surface area contributed by atoms with Crippen molar-refractivity contribution in [1.82, 2.24) is 0 Å². The molecular formula is C25H18N2O4. The normalized spacial score (nSPS) is 17.5. The number of hydrogen-bond acceptors (Lipinski definition) is 5. The highest BCUT2D eigenvalue weighted by Crippen LogP contribution is 2.42. The van der Waals surface area contributed by atoms with Crippen molar-refractivity contribution in [3.05, 3.63) is 101 Å². The second-order valence-electron chi connectivity index (χ2n) is 7.29. The monoisotopic (exact) mass is 410 g/mol. The number of aliphatic hydroxyl groups excluding tert-OH is 1. The molecule has 0 aromatic heterocycles. The first-order valence-corrected chi connectivity index (χ1v) is 9.58. The number of nitrogens with zero attached hydrogens (tertiary/aromatic N) is 2.